The van der Waals surface area contributed by atoms with Gasteiger partial charge in [0.05, 0.1) is 11.1 Å². The maximum atomic E-state index is 15.9. The molecule has 0 radical (unpaired) electrons. The Hall–Kier alpha value is -4.18. The molecule has 9 heteroatoms. The molecule has 0 atom stereocenters. The van der Waals surface area contributed by atoms with Crippen LogP contribution in [0, 0.1) is 11.6 Å². The number of hydrogen-bond acceptors (Lipinski definition) is 7. The molecule has 4 rings (SSSR count). The van der Waals surface area contributed by atoms with Gasteiger partial charge in [-0.15, -0.1) is 0 Å². The molecule has 1 N–H and O–H groups in total. The third kappa shape index (κ3) is 7.06. The molecule has 7 nitrogen and oxygen atoms in total. The van der Waals surface area contributed by atoms with Crippen LogP contribution in [-0.4, -0.2) is 32.9 Å². The normalized spacial score (nSPS) is 10.9. The molecule has 0 fully saturated rings. The van der Waals surface area contributed by atoms with Crippen LogP contribution >= 0.6 is 0 Å². The lowest BCUT2D eigenvalue weighted by Gasteiger charge is -2.22. The van der Waals surface area contributed by atoms with Crippen molar-refractivity contribution in [1.82, 2.24) is 0 Å². The molecule has 210 valence electrons. The molecule has 0 aliphatic carbocycles. The van der Waals surface area contributed by atoms with E-state index in [0.717, 1.165) is 11.1 Å². The monoisotopic (exact) mass is 552 g/mol. The summed E-state index contributed by atoms with van der Waals surface area (Å²) in [5, 5.41) is 11.6. The highest BCUT2D eigenvalue weighted by Gasteiger charge is 2.30. The van der Waals surface area contributed by atoms with Gasteiger partial charge in [-0.3, -0.25) is 0 Å². The van der Waals surface area contributed by atoms with Crippen LogP contribution in [0.2, 0.25) is 0 Å². The number of halogens is 2. The fourth-order valence-corrected chi connectivity index (χ4v) is 3.95. The van der Waals surface area contributed by atoms with Crippen molar-refractivity contribution in [2.45, 2.75) is 19.3 Å². The lowest BCUT2D eigenvalue weighted by molar-refractivity contribution is 0.0471. The minimum atomic E-state index is -1.87. The van der Waals surface area contributed by atoms with Crippen LogP contribution in [0.3, 0.4) is 0 Å². The predicted molar refractivity (Wildman–Crippen MR) is 143 cm³/mol. The summed E-state index contributed by atoms with van der Waals surface area (Å²) in [7, 11) is 2.78. The first-order valence-corrected chi connectivity index (χ1v) is 12.4. The summed E-state index contributed by atoms with van der Waals surface area (Å²) < 4.78 is 64.1. The molecule has 4 aromatic carbocycles. The molecule has 0 aromatic heterocycles. The average molecular weight is 553 g/mol. The zero-order chi connectivity index (χ0) is 28.3. The molecule has 0 amide bonds. The number of aliphatic hydroxyl groups excluding tert-OH is 1. The largest absolute Gasteiger partial charge is 0.488 e. The predicted octanol–water partition coefficient (Wildman–Crippen LogP) is 6.17. The van der Waals surface area contributed by atoms with Crippen molar-refractivity contribution < 1.29 is 42.3 Å². The Morgan fingerprint density at radius 3 is 1.30 bits per heavy atom. The van der Waals surface area contributed by atoms with Gasteiger partial charge >= 0.3 is 0 Å². The number of rotatable bonds is 14. The first kappa shape index (κ1) is 28.8. The van der Waals surface area contributed by atoms with E-state index in [1.165, 1.54) is 38.5 Å². The molecule has 0 saturated carbocycles. The van der Waals surface area contributed by atoms with E-state index in [2.05, 4.69) is 0 Å². The molecule has 4 aromatic rings. The Morgan fingerprint density at radius 2 is 0.925 bits per heavy atom. The second-order valence-corrected chi connectivity index (χ2v) is 8.63. The number of hydrogen-bond donors (Lipinski definition) is 1. The highest BCUT2D eigenvalue weighted by atomic mass is 19.1. The summed E-state index contributed by atoms with van der Waals surface area (Å²) in [5.41, 5.74) is 0.959. The van der Waals surface area contributed by atoms with Gasteiger partial charge in [0.2, 0.25) is 0 Å². The van der Waals surface area contributed by atoms with Gasteiger partial charge in [-0.2, -0.15) is 0 Å². The van der Waals surface area contributed by atoms with Crippen LogP contribution < -0.4 is 18.9 Å². The first-order valence-electron chi connectivity index (χ1n) is 12.4. The van der Waals surface area contributed by atoms with Gasteiger partial charge in [-0.1, -0.05) is 60.7 Å². The van der Waals surface area contributed by atoms with E-state index in [0.29, 0.717) is 0 Å². The van der Waals surface area contributed by atoms with E-state index >= 15 is 8.78 Å². The second-order valence-electron chi connectivity index (χ2n) is 8.63. The smallest absolute Gasteiger partial charge is 0.188 e. The Kier molecular flexibility index (Phi) is 10.3. The van der Waals surface area contributed by atoms with Crippen molar-refractivity contribution in [2.24, 2.45) is 0 Å². The molecule has 0 heterocycles. The van der Waals surface area contributed by atoms with Crippen LogP contribution in [0.4, 0.5) is 8.78 Å². The van der Waals surface area contributed by atoms with Gasteiger partial charge in [-0.05, 0) is 35.4 Å². The van der Waals surface area contributed by atoms with E-state index in [9.17, 15) is 5.11 Å². The van der Waals surface area contributed by atoms with Gasteiger partial charge in [0.25, 0.3) is 0 Å². The summed E-state index contributed by atoms with van der Waals surface area (Å²) in [6, 6.07) is 24.1. The number of aliphatic hydroxyl groups is 1. The lowest BCUT2D eigenvalue weighted by atomic mass is 9.97. The lowest BCUT2D eigenvalue weighted by Crippen LogP contribution is -2.13. The zero-order valence-corrected chi connectivity index (χ0v) is 22.1. The molecule has 0 aliphatic rings. The van der Waals surface area contributed by atoms with E-state index < -0.39 is 17.7 Å². The molecule has 0 saturated heterocycles. The standard InChI is InChI=1S/C31H30F2O7/c1-35-19-39-25-15-13-23(37-17-21-9-5-3-6-10-21)27(29(25)32)31(34)28-24(38-18-22-11-7-4-8-12-22)14-16-26(30(28)33)40-20-36-2/h3-16,31,34H,17-20H2,1-2H3. The van der Waals surface area contributed by atoms with Crippen molar-refractivity contribution >= 4 is 0 Å². The third-order valence-corrected chi connectivity index (χ3v) is 5.89. The maximum Gasteiger partial charge on any atom is 0.188 e. The molecular weight excluding hydrogens is 522 g/mol. The summed E-state index contributed by atoms with van der Waals surface area (Å²) in [5.74, 6) is -2.30. The van der Waals surface area contributed by atoms with Gasteiger partial charge in [-0.25, -0.2) is 8.78 Å². The third-order valence-electron chi connectivity index (χ3n) is 5.89. The number of benzene rings is 4. The highest BCUT2D eigenvalue weighted by Crippen LogP contribution is 2.43. The fourth-order valence-electron chi connectivity index (χ4n) is 3.95. The van der Waals surface area contributed by atoms with Gasteiger partial charge in [0.15, 0.2) is 36.7 Å². The zero-order valence-electron chi connectivity index (χ0n) is 22.1. The Bertz CT molecular complexity index is 1260. The van der Waals surface area contributed by atoms with Crippen molar-refractivity contribution in [3.05, 3.63) is 119 Å². The van der Waals surface area contributed by atoms with E-state index in [1.807, 2.05) is 60.7 Å². The molecular formula is C31H30F2O7. The van der Waals surface area contributed by atoms with Crippen LogP contribution in [0.15, 0.2) is 84.9 Å². The topological polar surface area (TPSA) is 75.6 Å². The summed E-state index contributed by atoms with van der Waals surface area (Å²) >= 11 is 0. The summed E-state index contributed by atoms with van der Waals surface area (Å²) in [6.07, 6.45) is -1.87. The Balaban J connectivity index is 1.77. The SMILES string of the molecule is COCOc1ccc(OCc2ccccc2)c(C(O)c2c(OCc3ccccc3)ccc(OCOC)c2F)c1F. The second kappa shape index (κ2) is 14.3. The Morgan fingerprint density at radius 1 is 0.550 bits per heavy atom. The Labute approximate surface area is 231 Å². The van der Waals surface area contributed by atoms with E-state index in [4.69, 9.17) is 28.4 Å². The van der Waals surface area contributed by atoms with Gasteiger partial charge in [0, 0.05) is 14.2 Å². The van der Waals surface area contributed by atoms with Crippen molar-refractivity contribution in [3.63, 3.8) is 0 Å². The quantitative estimate of drug-likeness (QED) is 0.188. The molecule has 0 bridgehead atoms. The molecule has 0 spiro atoms. The van der Waals surface area contributed by atoms with Gasteiger partial charge < -0.3 is 33.5 Å². The molecule has 40 heavy (non-hydrogen) atoms. The van der Waals surface area contributed by atoms with Crippen molar-refractivity contribution in [1.29, 1.82) is 0 Å². The van der Waals surface area contributed by atoms with Gasteiger partial charge in [0.1, 0.15) is 30.8 Å². The van der Waals surface area contributed by atoms with Crippen LogP contribution in [0.5, 0.6) is 23.0 Å². The van der Waals surface area contributed by atoms with Crippen molar-refractivity contribution in [3.8, 4) is 23.0 Å². The maximum absolute atomic E-state index is 15.9. The fraction of sp³-hybridized carbons (Fsp3) is 0.226. The average Bonchev–Trinajstić information content (AvgIpc) is 2.98. The van der Waals surface area contributed by atoms with Crippen LogP contribution in [0.1, 0.15) is 28.4 Å². The molecule has 0 unspecified atom stereocenters. The minimum absolute atomic E-state index is 0.00441. The van der Waals surface area contributed by atoms with Crippen molar-refractivity contribution in [2.75, 3.05) is 27.8 Å². The van der Waals surface area contributed by atoms with Crippen LogP contribution in [-0.2, 0) is 22.7 Å². The highest BCUT2D eigenvalue weighted by molar-refractivity contribution is 5.52. The summed E-state index contributed by atoms with van der Waals surface area (Å²) in [6.45, 7) is -0.322. The molecule has 0 aliphatic heterocycles. The first-order chi connectivity index (χ1) is 19.5. The summed E-state index contributed by atoms with van der Waals surface area (Å²) in [4.78, 5) is 0. The minimum Gasteiger partial charge on any atom is -0.488 e. The van der Waals surface area contributed by atoms with E-state index in [-0.39, 0.29) is 60.9 Å². The number of ether oxygens (including phenoxy) is 6. The van der Waals surface area contributed by atoms with Crippen LogP contribution in [0.25, 0.3) is 0 Å². The van der Waals surface area contributed by atoms with E-state index in [1.54, 1.807) is 0 Å². The number of methoxy groups -OCH3 is 2.